The molecule has 31 heavy (non-hydrogen) atoms. The molecule has 1 fully saturated rings. The Morgan fingerprint density at radius 3 is 2.32 bits per heavy atom. The molecule has 0 bridgehead atoms. The van der Waals surface area contributed by atoms with Crippen molar-refractivity contribution in [3.05, 3.63) is 72.6 Å². The number of amides is 1. The van der Waals surface area contributed by atoms with E-state index in [0.29, 0.717) is 37.4 Å². The molecule has 0 radical (unpaired) electrons. The maximum atomic E-state index is 13.0. The van der Waals surface area contributed by atoms with Crippen molar-refractivity contribution in [1.29, 1.82) is 0 Å². The van der Waals surface area contributed by atoms with Gasteiger partial charge in [-0.2, -0.15) is 9.40 Å². The Bertz CT molecular complexity index is 1140. The molecule has 1 amide bonds. The smallest absolute Gasteiger partial charge is 0.253 e. The maximum absolute atomic E-state index is 13.0. The summed E-state index contributed by atoms with van der Waals surface area (Å²) in [4.78, 5) is 14.8. The third kappa shape index (κ3) is 4.78. The van der Waals surface area contributed by atoms with E-state index in [0.717, 1.165) is 5.75 Å². The van der Waals surface area contributed by atoms with Crippen LogP contribution >= 0.6 is 0 Å². The summed E-state index contributed by atoms with van der Waals surface area (Å²) >= 11 is 0. The molecule has 3 aromatic rings. The molecule has 1 aromatic heterocycles. The Balaban J connectivity index is 1.40. The SMILES string of the molecule is Cn1cc(S(=O)(=O)N2CCCN(C(=O)c3ccc(Oc4ccccc4)cc3)CC2)cn1. The van der Waals surface area contributed by atoms with Crippen molar-refractivity contribution in [1.82, 2.24) is 19.0 Å². The normalized spacial score (nSPS) is 15.5. The minimum atomic E-state index is -3.62. The second-order valence-corrected chi connectivity index (χ2v) is 9.28. The van der Waals surface area contributed by atoms with Gasteiger partial charge in [0.15, 0.2) is 0 Å². The highest BCUT2D eigenvalue weighted by molar-refractivity contribution is 7.89. The molecule has 1 aliphatic rings. The van der Waals surface area contributed by atoms with Gasteiger partial charge in [0, 0.05) is 45.0 Å². The molecule has 1 aliphatic heterocycles. The van der Waals surface area contributed by atoms with Crippen LogP contribution in [0.25, 0.3) is 0 Å². The van der Waals surface area contributed by atoms with Gasteiger partial charge in [-0.1, -0.05) is 18.2 Å². The van der Waals surface area contributed by atoms with Crippen LogP contribution in [0.3, 0.4) is 0 Å². The van der Waals surface area contributed by atoms with Crippen LogP contribution in [0.5, 0.6) is 11.5 Å². The van der Waals surface area contributed by atoms with Crippen LogP contribution in [0.15, 0.2) is 71.9 Å². The summed E-state index contributed by atoms with van der Waals surface area (Å²) in [6, 6.07) is 16.4. The molecule has 0 saturated carbocycles. The van der Waals surface area contributed by atoms with E-state index in [2.05, 4.69) is 5.10 Å². The summed E-state index contributed by atoms with van der Waals surface area (Å²) in [5.41, 5.74) is 0.545. The highest BCUT2D eigenvalue weighted by atomic mass is 32.2. The molecule has 4 rings (SSSR count). The number of carbonyl (C=O) groups excluding carboxylic acids is 1. The summed E-state index contributed by atoms with van der Waals surface area (Å²) in [5.74, 6) is 1.25. The summed E-state index contributed by atoms with van der Waals surface area (Å²) < 4.78 is 34.3. The largest absolute Gasteiger partial charge is 0.457 e. The van der Waals surface area contributed by atoms with Gasteiger partial charge in [-0.05, 0) is 42.8 Å². The van der Waals surface area contributed by atoms with Crippen LogP contribution in [0.4, 0.5) is 0 Å². The van der Waals surface area contributed by atoms with E-state index in [1.165, 1.54) is 21.4 Å². The van der Waals surface area contributed by atoms with Gasteiger partial charge in [-0.25, -0.2) is 8.42 Å². The fourth-order valence-electron chi connectivity index (χ4n) is 3.49. The first-order valence-electron chi connectivity index (χ1n) is 10.0. The van der Waals surface area contributed by atoms with Gasteiger partial charge in [-0.3, -0.25) is 9.48 Å². The number of hydrogen-bond acceptors (Lipinski definition) is 5. The van der Waals surface area contributed by atoms with Gasteiger partial charge >= 0.3 is 0 Å². The zero-order valence-electron chi connectivity index (χ0n) is 17.2. The molecule has 162 valence electrons. The average molecular weight is 441 g/mol. The Morgan fingerprint density at radius 1 is 0.935 bits per heavy atom. The molecule has 0 aliphatic carbocycles. The summed E-state index contributed by atoms with van der Waals surface area (Å²) in [5, 5.41) is 3.95. The number of nitrogens with zero attached hydrogens (tertiary/aromatic N) is 4. The van der Waals surface area contributed by atoms with Gasteiger partial charge in [0.25, 0.3) is 5.91 Å². The number of aryl methyl sites for hydroxylation is 1. The van der Waals surface area contributed by atoms with Crippen LogP contribution in [0.2, 0.25) is 0 Å². The van der Waals surface area contributed by atoms with Crippen molar-refractivity contribution in [3.8, 4) is 11.5 Å². The van der Waals surface area contributed by atoms with Gasteiger partial charge in [0.2, 0.25) is 10.0 Å². The Morgan fingerprint density at radius 2 is 1.65 bits per heavy atom. The van der Waals surface area contributed by atoms with E-state index in [4.69, 9.17) is 4.74 Å². The zero-order valence-corrected chi connectivity index (χ0v) is 18.0. The predicted octanol–water partition coefficient (Wildman–Crippen LogP) is 2.75. The van der Waals surface area contributed by atoms with Crippen LogP contribution in [-0.4, -0.2) is 59.5 Å². The highest BCUT2D eigenvalue weighted by Gasteiger charge is 2.29. The third-order valence-corrected chi connectivity index (χ3v) is 6.99. The van der Waals surface area contributed by atoms with Crippen molar-refractivity contribution >= 4 is 15.9 Å². The van der Waals surface area contributed by atoms with E-state index in [1.54, 1.807) is 36.2 Å². The van der Waals surface area contributed by atoms with Crippen molar-refractivity contribution in [2.45, 2.75) is 11.3 Å². The standard InChI is InChI=1S/C22H24N4O4S/c1-24-17-21(16-23-24)31(28,29)26-13-5-12-25(14-15-26)22(27)18-8-10-20(11-9-18)30-19-6-3-2-4-7-19/h2-4,6-11,16-17H,5,12-15H2,1H3. The molecular weight excluding hydrogens is 416 g/mol. The Kier molecular flexibility index (Phi) is 6.06. The molecular formula is C22H24N4O4S. The van der Waals surface area contributed by atoms with Crippen LogP contribution in [0, 0.1) is 0 Å². The van der Waals surface area contributed by atoms with Gasteiger partial charge < -0.3 is 9.64 Å². The number of sulfonamides is 1. The number of aromatic nitrogens is 2. The second-order valence-electron chi connectivity index (χ2n) is 7.34. The molecule has 0 N–H and O–H groups in total. The topological polar surface area (TPSA) is 84.7 Å². The number of carbonyl (C=O) groups is 1. The van der Waals surface area contributed by atoms with Crippen molar-refractivity contribution in [2.75, 3.05) is 26.2 Å². The first-order valence-corrected chi connectivity index (χ1v) is 11.5. The summed E-state index contributed by atoms with van der Waals surface area (Å²) in [6.07, 6.45) is 3.41. The number of benzene rings is 2. The maximum Gasteiger partial charge on any atom is 0.253 e. The molecule has 9 heteroatoms. The van der Waals surface area contributed by atoms with Gasteiger partial charge in [0.1, 0.15) is 16.4 Å². The predicted molar refractivity (Wildman–Crippen MR) is 115 cm³/mol. The highest BCUT2D eigenvalue weighted by Crippen LogP contribution is 2.22. The van der Waals surface area contributed by atoms with Crippen molar-refractivity contribution < 1.29 is 17.9 Å². The van der Waals surface area contributed by atoms with E-state index in [9.17, 15) is 13.2 Å². The number of ether oxygens (including phenoxy) is 1. The van der Waals surface area contributed by atoms with Crippen LogP contribution < -0.4 is 4.74 Å². The minimum absolute atomic E-state index is 0.119. The Labute approximate surface area is 181 Å². The van der Waals surface area contributed by atoms with Gasteiger partial charge in [0.05, 0.1) is 6.20 Å². The van der Waals surface area contributed by atoms with E-state index in [-0.39, 0.29) is 17.3 Å². The minimum Gasteiger partial charge on any atom is -0.457 e. The Hall–Kier alpha value is -3.17. The lowest BCUT2D eigenvalue weighted by molar-refractivity contribution is 0.0764. The van der Waals surface area contributed by atoms with Crippen molar-refractivity contribution in [2.24, 2.45) is 7.05 Å². The molecule has 2 aromatic carbocycles. The molecule has 0 spiro atoms. The monoisotopic (exact) mass is 440 g/mol. The van der Waals surface area contributed by atoms with Gasteiger partial charge in [-0.15, -0.1) is 0 Å². The average Bonchev–Trinajstić information content (AvgIpc) is 3.07. The molecule has 1 saturated heterocycles. The molecule has 8 nitrogen and oxygen atoms in total. The third-order valence-electron chi connectivity index (χ3n) is 5.14. The first kappa shape index (κ1) is 21.1. The lowest BCUT2D eigenvalue weighted by Gasteiger charge is -2.21. The van der Waals surface area contributed by atoms with E-state index >= 15 is 0 Å². The number of para-hydroxylation sites is 1. The first-order chi connectivity index (χ1) is 14.9. The summed E-state index contributed by atoms with van der Waals surface area (Å²) in [7, 11) is -1.94. The van der Waals surface area contributed by atoms with E-state index in [1.807, 2.05) is 30.3 Å². The molecule has 0 unspecified atom stereocenters. The second kappa shape index (κ2) is 8.91. The lowest BCUT2D eigenvalue weighted by Crippen LogP contribution is -2.37. The fourth-order valence-corrected chi connectivity index (χ4v) is 4.95. The quantitative estimate of drug-likeness (QED) is 0.609. The van der Waals surface area contributed by atoms with Crippen LogP contribution in [-0.2, 0) is 17.1 Å². The summed E-state index contributed by atoms with van der Waals surface area (Å²) in [6.45, 7) is 1.45. The van der Waals surface area contributed by atoms with E-state index < -0.39 is 10.0 Å². The fraction of sp³-hybridized carbons (Fsp3) is 0.273. The number of rotatable bonds is 5. The van der Waals surface area contributed by atoms with Crippen molar-refractivity contribution in [3.63, 3.8) is 0 Å². The lowest BCUT2D eigenvalue weighted by atomic mass is 10.2. The molecule has 0 atom stereocenters. The molecule has 2 heterocycles. The van der Waals surface area contributed by atoms with Crippen LogP contribution in [0.1, 0.15) is 16.8 Å². The number of hydrogen-bond donors (Lipinski definition) is 0. The zero-order chi connectivity index (χ0) is 21.8.